The van der Waals surface area contributed by atoms with E-state index in [4.69, 9.17) is 0 Å². The first-order valence-corrected chi connectivity index (χ1v) is 7.61. The molecule has 1 amide bonds. The van der Waals surface area contributed by atoms with Gasteiger partial charge in [-0.05, 0) is 49.4 Å². The molecule has 3 aromatic rings. The summed E-state index contributed by atoms with van der Waals surface area (Å²) in [7, 11) is 0. The summed E-state index contributed by atoms with van der Waals surface area (Å²) >= 11 is 0. The standard InChI is InChI=1S/C20H17FN2O/c1-14-7-9-16(10-8-14)22-17-11-12-18(19(21)13-17)20(24)23-15-5-3-2-4-6-15/h2-13,22H,1H3,(H,23,24). The number of rotatable bonds is 4. The maximum Gasteiger partial charge on any atom is 0.258 e. The SMILES string of the molecule is Cc1ccc(Nc2ccc(C(=O)Nc3ccccc3)c(F)c2)cc1. The third-order valence-corrected chi connectivity index (χ3v) is 3.59. The lowest BCUT2D eigenvalue weighted by atomic mass is 10.1. The van der Waals surface area contributed by atoms with E-state index in [1.165, 1.54) is 12.1 Å². The summed E-state index contributed by atoms with van der Waals surface area (Å²) in [6, 6.07) is 21.2. The molecule has 0 unspecified atom stereocenters. The van der Waals surface area contributed by atoms with Gasteiger partial charge in [0, 0.05) is 17.1 Å². The predicted octanol–water partition coefficient (Wildman–Crippen LogP) is 5.13. The summed E-state index contributed by atoms with van der Waals surface area (Å²) in [5.74, 6) is -1.04. The molecule has 3 aromatic carbocycles. The van der Waals surface area contributed by atoms with E-state index in [-0.39, 0.29) is 5.56 Å². The molecule has 0 radical (unpaired) electrons. The summed E-state index contributed by atoms with van der Waals surface area (Å²) < 4.78 is 14.3. The Balaban J connectivity index is 1.74. The van der Waals surface area contributed by atoms with Crippen LogP contribution in [0.3, 0.4) is 0 Å². The zero-order valence-corrected chi connectivity index (χ0v) is 13.2. The molecule has 0 aliphatic heterocycles. The van der Waals surface area contributed by atoms with Gasteiger partial charge in [0.1, 0.15) is 5.82 Å². The highest BCUT2D eigenvalue weighted by atomic mass is 19.1. The first-order valence-electron chi connectivity index (χ1n) is 7.61. The van der Waals surface area contributed by atoms with Crippen LogP contribution in [0.25, 0.3) is 0 Å². The Morgan fingerprint density at radius 1 is 0.833 bits per heavy atom. The molecule has 0 spiro atoms. The summed E-state index contributed by atoms with van der Waals surface area (Å²) in [6.07, 6.45) is 0. The van der Waals surface area contributed by atoms with Gasteiger partial charge in [-0.15, -0.1) is 0 Å². The van der Waals surface area contributed by atoms with Crippen LogP contribution < -0.4 is 10.6 Å². The van der Waals surface area contributed by atoms with Crippen molar-refractivity contribution in [2.75, 3.05) is 10.6 Å². The molecule has 0 saturated carbocycles. The van der Waals surface area contributed by atoms with Crippen LogP contribution in [0.4, 0.5) is 21.5 Å². The minimum atomic E-state index is -0.569. The highest BCUT2D eigenvalue weighted by molar-refractivity contribution is 6.04. The third-order valence-electron chi connectivity index (χ3n) is 3.59. The van der Waals surface area contributed by atoms with Crippen molar-refractivity contribution in [2.24, 2.45) is 0 Å². The first-order chi connectivity index (χ1) is 11.6. The van der Waals surface area contributed by atoms with E-state index in [0.29, 0.717) is 11.4 Å². The quantitative estimate of drug-likeness (QED) is 0.699. The van der Waals surface area contributed by atoms with Crippen LogP contribution in [-0.2, 0) is 0 Å². The van der Waals surface area contributed by atoms with Crippen molar-refractivity contribution in [3.05, 3.63) is 89.7 Å². The number of nitrogens with one attached hydrogen (secondary N) is 2. The summed E-state index contributed by atoms with van der Waals surface area (Å²) in [6.45, 7) is 2.00. The third kappa shape index (κ3) is 3.79. The molecule has 0 aromatic heterocycles. The normalized spacial score (nSPS) is 10.2. The molecule has 3 rings (SSSR count). The van der Waals surface area contributed by atoms with Crippen molar-refractivity contribution in [2.45, 2.75) is 6.92 Å². The molecule has 0 aliphatic rings. The minimum absolute atomic E-state index is 0.00769. The zero-order chi connectivity index (χ0) is 16.9. The number of benzene rings is 3. The van der Waals surface area contributed by atoms with E-state index in [2.05, 4.69) is 10.6 Å². The van der Waals surface area contributed by atoms with Gasteiger partial charge in [-0.25, -0.2) is 4.39 Å². The maximum atomic E-state index is 14.3. The number of anilines is 3. The van der Waals surface area contributed by atoms with E-state index in [0.717, 1.165) is 11.3 Å². The second-order valence-corrected chi connectivity index (χ2v) is 5.51. The average molecular weight is 320 g/mol. The molecular weight excluding hydrogens is 303 g/mol. The van der Waals surface area contributed by atoms with Gasteiger partial charge in [0.05, 0.1) is 5.56 Å². The first kappa shape index (κ1) is 15.7. The minimum Gasteiger partial charge on any atom is -0.355 e. The van der Waals surface area contributed by atoms with E-state index in [9.17, 15) is 9.18 Å². The van der Waals surface area contributed by atoms with E-state index < -0.39 is 11.7 Å². The van der Waals surface area contributed by atoms with Gasteiger partial charge in [-0.3, -0.25) is 4.79 Å². The Bertz CT molecular complexity index is 845. The molecule has 0 heterocycles. The average Bonchev–Trinajstić information content (AvgIpc) is 2.58. The van der Waals surface area contributed by atoms with Crippen LogP contribution in [0.15, 0.2) is 72.8 Å². The van der Waals surface area contributed by atoms with Crippen LogP contribution in [0, 0.1) is 12.7 Å². The number of carbonyl (C=O) groups is 1. The van der Waals surface area contributed by atoms with Gasteiger partial charge in [0.2, 0.25) is 0 Å². The van der Waals surface area contributed by atoms with Crippen molar-refractivity contribution in [3.8, 4) is 0 Å². The fraction of sp³-hybridized carbons (Fsp3) is 0.0500. The van der Waals surface area contributed by atoms with Crippen LogP contribution in [0.1, 0.15) is 15.9 Å². The molecule has 0 saturated heterocycles. The molecular formula is C20H17FN2O. The van der Waals surface area contributed by atoms with Crippen LogP contribution in [0.5, 0.6) is 0 Å². The van der Waals surface area contributed by atoms with E-state index in [1.54, 1.807) is 30.3 Å². The van der Waals surface area contributed by atoms with E-state index in [1.807, 2.05) is 37.3 Å². The Morgan fingerprint density at radius 2 is 1.50 bits per heavy atom. The largest absolute Gasteiger partial charge is 0.355 e. The summed E-state index contributed by atoms with van der Waals surface area (Å²) in [5.41, 5.74) is 3.24. The monoisotopic (exact) mass is 320 g/mol. The molecule has 3 nitrogen and oxygen atoms in total. The van der Waals surface area contributed by atoms with Gasteiger partial charge in [0.15, 0.2) is 0 Å². The van der Waals surface area contributed by atoms with Gasteiger partial charge >= 0.3 is 0 Å². The fourth-order valence-corrected chi connectivity index (χ4v) is 2.30. The van der Waals surface area contributed by atoms with Gasteiger partial charge < -0.3 is 10.6 Å². The Labute approximate surface area is 140 Å². The molecule has 4 heteroatoms. The van der Waals surface area contributed by atoms with Crippen molar-refractivity contribution < 1.29 is 9.18 Å². The highest BCUT2D eigenvalue weighted by Crippen LogP contribution is 2.20. The Kier molecular flexibility index (Phi) is 4.57. The highest BCUT2D eigenvalue weighted by Gasteiger charge is 2.12. The number of amides is 1. The molecule has 0 fully saturated rings. The molecule has 0 atom stereocenters. The van der Waals surface area contributed by atoms with Gasteiger partial charge in [0.25, 0.3) is 5.91 Å². The smallest absolute Gasteiger partial charge is 0.258 e. The topological polar surface area (TPSA) is 41.1 Å². The molecule has 24 heavy (non-hydrogen) atoms. The van der Waals surface area contributed by atoms with Crippen LogP contribution >= 0.6 is 0 Å². The number of aryl methyl sites for hydroxylation is 1. The molecule has 2 N–H and O–H groups in total. The van der Waals surface area contributed by atoms with Gasteiger partial charge in [-0.1, -0.05) is 35.9 Å². The molecule has 0 aliphatic carbocycles. The molecule has 120 valence electrons. The number of halogens is 1. The maximum absolute atomic E-state index is 14.3. The zero-order valence-electron chi connectivity index (χ0n) is 13.2. The number of hydrogen-bond acceptors (Lipinski definition) is 2. The lowest BCUT2D eigenvalue weighted by Crippen LogP contribution is -2.13. The van der Waals surface area contributed by atoms with Crippen molar-refractivity contribution >= 4 is 23.0 Å². The Morgan fingerprint density at radius 3 is 2.17 bits per heavy atom. The van der Waals surface area contributed by atoms with Crippen molar-refractivity contribution in [3.63, 3.8) is 0 Å². The number of carbonyl (C=O) groups excluding carboxylic acids is 1. The molecule has 0 bridgehead atoms. The predicted molar refractivity (Wildman–Crippen MR) is 95.3 cm³/mol. The second kappa shape index (κ2) is 6.96. The number of hydrogen-bond donors (Lipinski definition) is 2. The second-order valence-electron chi connectivity index (χ2n) is 5.51. The number of para-hydroxylation sites is 1. The van der Waals surface area contributed by atoms with Crippen LogP contribution in [0.2, 0.25) is 0 Å². The Hall–Kier alpha value is -3.14. The summed E-state index contributed by atoms with van der Waals surface area (Å²) in [5, 5.41) is 5.79. The van der Waals surface area contributed by atoms with Crippen molar-refractivity contribution in [1.29, 1.82) is 0 Å². The van der Waals surface area contributed by atoms with E-state index >= 15 is 0 Å². The van der Waals surface area contributed by atoms with Gasteiger partial charge in [-0.2, -0.15) is 0 Å². The lowest BCUT2D eigenvalue weighted by molar-refractivity contribution is 0.102. The summed E-state index contributed by atoms with van der Waals surface area (Å²) in [4.78, 5) is 12.2. The van der Waals surface area contributed by atoms with Crippen molar-refractivity contribution in [1.82, 2.24) is 0 Å². The van der Waals surface area contributed by atoms with Crippen LogP contribution in [-0.4, -0.2) is 5.91 Å². The fourth-order valence-electron chi connectivity index (χ4n) is 2.30. The lowest BCUT2D eigenvalue weighted by Gasteiger charge is -2.10.